The Labute approximate surface area is 105 Å². The summed E-state index contributed by atoms with van der Waals surface area (Å²) in [5.74, 6) is 0.658. The Bertz CT molecular complexity index is 229. The van der Waals surface area contributed by atoms with Crippen LogP contribution in [-0.2, 0) is 9.47 Å². The standard InChI is InChI=1S/C12H23NO2.ClH/c1-11(2)9-15-12(3,13-11)7-10-5-4-6-14-8-10;/h10,13H,4-9H2,1-3H3;1H. The third kappa shape index (κ3) is 3.59. The first-order valence-electron chi connectivity index (χ1n) is 6.00. The Hall–Kier alpha value is 0.170. The minimum absolute atomic E-state index is 0. The molecule has 1 N–H and O–H groups in total. The fraction of sp³-hybridized carbons (Fsp3) is 1.00. The van der Waals surface area contributed by atoms with Gasteiger partial charge in [-0.05, 0) is 46.0 Å². The van der Waals surface area contributed by atoms with Crippen molar-refractivity contribution in [2.24, 2.45) is 5.92 Å². The van der Waals surface area contributed by atoms with Gasteiger partial charge in [0.2, 0.25) is 0 Å². The van der Waals surface area contributed by atoms with Gasteiger partial charge in [0.05, 0.1) is 6.61 Å². The van der Waals surface area contributed by atoms with E-state index in [4.69, 9.17) is 9.47 Å². The maximum Gasteiger partial charge on any atom is 0.117 e. The normalized spacial score (nSPS) is 38.1. The monoisotopic (exact) mass is 249 g/mol. The van der Waals surface area contributed by atoms with Crippen molar-refractivity contribution in [1.29, 1.82) is 0 Å². The van der Waals surface area contributed by atoms with Crippen molar-refractivity contribution in [3.63, 3.8) is 0 Å². The summed E-state index contributed by atoms with van der Waals surface area (Å²) in [6, 6.07) is 0. The summed E-state index contributed by atoms with van der Waals surface area (Å²) in [5, 5.41) is 3.58. The van der Waals surface area contributed by atoms with E-state index in [1.807, 2.05) is 0 Å². The molecule has 0 radical (unpaired) electrons. The Kier molecular flexibility index (Phi) is 4.64. The van der Waals surface area contributed by atoms with E-state index >= 15 is 0 Å². The molecule has 0 bridgehead atoms. The molecule has 2 unspecified atom stereocenters. The summed E-state index contributed by atoms with van der Waals surface area (Å²) in [7, 11) is 0. The van der Waals surface area contributed by atoms with Gasteiger partial charge in [-0.2, -0.15) is 0 Å². The zero-order valence-corrected chi connectivity index (χ0v) is 11.4. The predicted molar refractivity (Wildman–Crippen MR) is 67.0 cm³/mol. The maximum atomic E-state index is 5.89. The van der Waals surface area contributed by atoms with Gasteiger partial charge >= 0.3 is 0 Å². The molecule has 2 aliphatic rings. The zero-order valence-electron chi connectivity index (χ0n) is 10.5. The van der Waals surface area contributed by atoms with E-state index in [1.54, 1.807) is 0 Å². The summed E-state index contributed by atoms with van der Waals surface area (Å²) in [6.07, 6.45) is 3.54. The quantitative estimate of drug-likeness (QED) is 0.815. The molecule has 0 saturated carbocycles. The molecule has 0 amide bonds. The van der Waals surface area contributed by atoms with Crippen LogP contribution in [0.25, 0.3) is 0 Å². The molecule has 16 heavy (non-hydrogen) atoms. The average molecular weight is 250 g/mol. The van der Waals surface area contributed by atoms with E-state index in [0.29, 0.717) is 5.92 Å². The zero-order chi connectivity index (χ0) is 10.9. The van der Waals surface area contributed by atoms with Crippen molar-refractivity contribution in [2.75, 3.05) is 19.8 Å². The van der Waals surface area contributed by atoms with Gasteiger partial charge in [0.1, 0.15) is 5.72 Å². The molecule has 3 nitrogen and oxygen atoms in total. The van der Waals surface area contributed by atoms with Crippen LogP contribution in [0.2, 0.25) is 0 Å². The second kappa shape index (κ2) is 5.21. The molecule has 2 rings (SSSR count). The highest BCUT2D eigenvalue weighted by molar-refractivity contribution is 5.85. The van der Waals surface area contributed by atoms with E-state index in [9.17, 15) is 0 Å². The van der Waals surface area contributed by atoms with Crippen molar-refractivity contribution < 1.29 is 9.47 Å². The van der Waals surface area contributed by atoms with Crippen LogP contribution in [0.5, 0.6) is 0 Å². The molecule has 0 spiro atoms. The number of hydrogen-bond donors (Lipinski definition) is 1. The van der Waals surface area contributed by atoms with Gasteiger partial charge in [-0.1, -0.05) is 0 Å². The topological polar surface area (TPSA) is 30.5 Å². The van der Waals surface area contributed by atoms with Crippen LogP contribution in [-0.4, -0.2) is 31.1 Å². The molecule has 0 aromatic heterocycles. The Balaban J connectivity index is 0.00000128. The molecule has 2 heterocycles. The number of halogens is 1. The summed E-state index contributed by atoms with van der Waals surface area (Å²) >= 11 is 0. The van der Waals surface area contributed by atoms with Gasteiger partial charge in [0.25, 0.3) is 0 Å². The number of hydrogen-bond acceptors (Lipinski definition) is 3. The molecular weight excluding hydrogens is 226 g/mol. The Morgan fingerprint density at radius 3 is 2.56 bits per heavy atom. The van der Waals surface area contributed by atoms with Crippen LogP contribution in [0.15, 0.2) is 0 Å². The molecule has 96 valence electrons. The van der Waals surface area contributed by atoms with Crippen molar-refractivity contribution >= 4 is 12.4 Å². The molecule has 0 aromatic carbocycles. The summed E-state index contributed by atoms with van der Waals surface area (Å²) in [6.45, 7) is 9.19. The van der Waals surface area contributed by atoms with Crippen LogP contribution in [0.4, 0.5) is 0 Å². The van der Waals surface area contributed by atoms with Crippen LogP contribution in [0.3, 0.4) is 0 Å². The lowest BCUT2D eigenvalue weighted by Crippen LogP contribution is -2.48. The number of nitrogens with one attached hydrogen (secondary N) is 1. The van der Waals surface area contributed by atoms with E-state index < -0.39 is 0 Å². The molecular formula is C12H24ClNO2. The van der Waals surface area contributed by atoms with Gasteiger partial charge < -0.3 is 9.47 Å². The Morgan fingerprint density at radius 1 is 1.31 bits per heavy atom. The highest BCUT2D eigenvalue weighted by Gasteiger charge is 2.41. The van der Waals surface area contributed by atoms with Crippen LogP contribution < -0.4 is 5.32 Å². The number of rotatable bonds is 2. The third-order valence-corrected chi connectivity index (χ3v) is 3.29. The van der Waals surface area contributed by atoms with Gasteiger partial charge in [0, 0.05) is 18.8 Å². The molecule has 0 aliphatic carbocycles. The summed E-state index contributed by atoms with van der Waals surface area (Å²) in [4.78, 5) is 0. The van der Waals surface area contributed by atoms with Gasteiger partial charge in [-0.15, -0.1) is 12.4 Å². The maximum absolute atomic E-state index is 5.89. The summed E-state index contributed by atoms with van der Waals surface area (Å²) in [5.41, 5.74) is -0.0286. The third-order valence-electron chi connectivity index (χ3n) is 3.29. The first-order valence-corrected chi connectivity index (χ1v) is 6.00. The second-order valence-electron chi connectivity index (χ2n) is 5.82. The largest absolute Gasteiger partial charge is 0.381 e. The van der Waals surface area contributed by atoms with Gasteiger partial charge in [0.15, 0.2) is 0 Å². The van der Waals surface area contributed by atoms with Gasteiger partial charge in [-0.25, -0.2) is 0 Å². The first kappa shape index (κ1) is 14.2. The van der Waals surface area contributed by atoms with E-state index in [1.165, 1.54) is 12.8 Å². The minimum atomic E-state index is -0.144. The fourth-order valence-electron chi connectivity index (χ4n) is 2.76. The highest BCUT2D eigenvalue weighted by atomic mass is 35.5. The summed E-state index contributed by atoms with van der Waals surface area (Å²) < 4.78 is 11.4. The van der Waals surface area contributed by atoms with Crippen LogP contribution in [0.1, 0.15) is 40.0 Å². The average Bonchev–Trinajstić information content (AvgIpc) is 2.42. The van der Waals surface area contributed by atoms with E-state index in [2.05, 4.69) is 26.1 Å². The van der Waals surface area contributed by atoms with Crippen molar-refractivity contribution in [3.05, 3.63) is 0 Å². The van der Waals surface area contributed by atoms with Crippen LogP contribution in [0, 0.1) is 5.92 Å². The molecule has 2 atom stereocenters. The second-order valence-corrected chi connectivity index (χ2v) is 5.82. The molecule has 2 fully saturated rings. The first-order chi connectivity index (χ1) is 6.99. The minimum Gasteiger partial charge on any atom is -0.381 e. The van der Waals surface area contributed by atoms with Crippen molar-refractivity contribution in [3.8, 4) is 0 Å². The van der Waals surface area contributed by atoms with E-state index in [-0.39, 0.29) is 23.7 Å². The lowest BCUT2D eigenvalue weighted by Gasteiger charge is -2.32. The van der Waals surface area contributed by atoms with E-state index in [0.717, 1.165) is 26.2 Å². The smallest absolute Gasteiger partial charge is 0.117 e. The van der Waals surface area contributed by atoms with Gasteiger partial charge in [-0.3, -0.25) is 5.32 Å². The molecule has 4 heteroatoms. The van der Waals surface area contributed by atoms with Crippen molar-refractivity contribution in [1.82, 2.24) is 5.32 Å². The lowest BCUT2D eigenvalue weighted by atomic mass is 9.92. The van der Waals surface area contributed by atoms with Crippen molar-refractivity contribution in [2.45, 2.75) is 51.3 Å². The molecule has 2 aliphatic heterocycles. The fourth-order valence-corrected chi connectivity index (χ4v) is 2.76. The SMILES string of the molecule is CC1(C)COC(C)(CC2CCCOC2)N1.Cl. The lowest BCUT2D eigenvalue weighted by molar-refractivity contribution is -0.0388. The Morgan fingerprint density at radius 2 is 2.06 bits per heavy atom. The van der Waals surface area contributed by atoms with Crippen LogP contribution >= 0.6 is 12.4 Å². The predicted octanol–water partition coefficient (Wildman–Crippen LogP) is 2.34. The molecule has 0 aromatic rings. The highest BCUT2D eigenvalue weighted by Crippen LogP contribution is 2.31. The molecule has 2 saturated heterocycles. The number of ether oxygens (including phenoxy) is 2.